The minimum Gasteiger partial charge on any atom is -0.374 e. The van der Waals surface area contributed by atoms with Crippen molar-refractivity contribution in [3.63, 3.8) is 0 Å². The number of hydrogen-bond donors (Lipinski definition) is 2. The average molecular weight is 362 g/mol. The molecule has 0 saturated heterocycles. The summed E-state index contributed by atoms with van der Waals surface area (Å²) in [5.41, 5.74) is 2.76. The van der Waals surface area contributed by atoms with Crippen LogP contribution in [0.25, 0.3) is 0 Å². The van der Waals surface area contributed by atoms with Gasteiger partial charge in [-0.1, -0.05) is 11.6 Å². The number of halogens is 2. The minimum absolute atomic E-state index is 0.00438. The Morgan fingerprint density at radius 3 is 2.76 bits per heavy atom. The molecule has 3 rings (SSSR count). The van der Waals surface area contributed by atoms with E-state index < -0.39 is 5.82 Å². The summed E-state index contributed by atoms with van der Waals surface area (Å²) in [5, 5.41) is 5.80. The SMILES string of the molecule is CC(=O)N1CCc2cc(NC(=O)CNc3ccc(Cl)cc3F)ccc21. The lowest BCUT2D eigenvalue weighted by atomic mass is 10.1. The molecule has 130 valence electrons. The summed E-state index contributed by atoms with van der Waals surface area (Å²) in [5.74, 6) is -0.803. The molecule has 0 radical (unpaired) electrons. The first-order valence-electron chi connectivity index (χ1n) is 7.84. The summed E-state index contributed by atoms with van der Waals surface area (Å²) < 4.78 is 13.7. The number of amides is 2. The molecule has 0 unspecified atom stereocenters. The van der Waals surface area contributed by atoms with E-state index in [1.165, 1.54) is 19.1 Å². The minimum atomic E-state index is -0.512. The summed E-state index contributed by atoms with van der Waals surface area (Å²) in [6, 6.07) is 9.65. The molecule has 1 aliphatic rings. The third-order valence-corrected chi connectivity index (χ3v) is 4.24. The quantitative estimate of drug-likeness (QED) is 0.877. The Balaban J connectivity index is 1.61. The molecule has 5 nitrogen and oxygen atoms in total. The molecule has 0 atom stereocenters. The number of benzene rings is 2. The molecule has 2 amide bonds. The molecule has 2 aromatic carbocycles. The van der Waals surface area contributed by atoms with Crippen molar-refractivity contribution in [2.45, 2.75) is 13.3 Å². The summed E-state index contributed by atoms with van der Waals surface area (Å²) in [6.45, 7) is 2.11. The van der Waals surface area contributed by atoms with E-state index in [1.807, 2.05) is 12.1 Å². The highest BCUT2D eigenvalue weighted by atomic mass is 35.5. The van der Waals surface area contributed by atoms with Crippen LogP contribution in [0.4, 0.5) is 21.5 Å². The zero-order valence-electron chi connectivity index (χ0n) is 13.6. The zero-order valence-corrected chi connectivity index (χ0v) is 14.4. The highest BCUT2D eigenvalue weighted by molar-refractivity contribution is 6.30. The molecule has 2 aromatic rings. The molecule has 1 heterocycles. The first-order valence-corrected chi connectivity index (χ1v) is 8.21. The normalized spacial score (nSPS) is 12.7. The van der Waals surface area contributed by atoms with Crippen LogP contribution in [-0.4, -0.2) is 24.9 Å². The number of fused-ring (bicyclic) bond motifs is 1. The number of carbonyl (C=O) groups excluding carboxylic acids is 2. The molecule has 0 aliphatic carbocycles. The van der Waals surface area contributed by atoms with Crippen LogP contribution in [0.15, 0.2) is 36.4 Å². The fourth-order valence-corrected chi connectivity index (χ4v) is 2.98. The van der Waals surface area contributed by atoms with Gasteiger partial charge in [-0.15, -0.1) is 0 Å². The second-order valence-corrected chi connectivity index (χ2v) is 6.23. The van der Waals surface area contributed by atoms with Crippen LogP contribution in [0.5, 0.6) is 0 Å². The number of carbonyl (C=O) groups is 2. The Hall–Kier alpha value is -2.60. The Bertz CT molecular complexity index is 841. The molecule has 25 heavy (non-hydrogen) atoms. The number of hydrogen-bond acceptors (Lipinski definition) is 3. The number of rotatable bonds is 4. The van der Waals surface area contributed by atoms with Gasteiger partial charge in [-0.05, 0) is 48.4 Å². The van der Waals surface area contributed by atoms with E-state index in [-0.39, 0.29) is 24.0 Å². The molecular formula is C18H17ClFN3O2. The Morgan fingerprint density at radius 1 is 1.24 bits per heavy atom. The van der Waals surface area contributed by atoms with Gasteiger partial charge in [-0.25, -0.2) is 4.39 Å². The first kappa shape index (κ1) is 17.2. The van der Waals surface area contributed by atoms with Crippen molar-refractivity contribution in [1.82, 2.24) is 0 Å². The van der Waals surface area contributed by atoms with Gasteiger partial charge in [0.2, 0.25) is 11.8 Å². The zero-order chi connectivity index (χ0) is 18.0. The van der Waals surface area contributed by atoms with Gasteiger partial charge >= 0.3 is 0 Å². The van der Waals surface area contributed by atoms with Gasteiger partial charge in [0.15, 0.2) is 0 Å². The molecule has 0 fully saturated rings. The van der Waals surface area contributed by atoms with Crippen LogP contribution >= 0.6 is 11.6 Å². The third-order valence-electron chi connectivity index (χ3n) is 4.01. The summed E-state index contributed by atoms with van der Waals surface area (Å²) >= 11 is 5.69. The lowest BCUT2D eigenvalue weighted by Crippen LogP contribution is -2.25. The maximum Gasteiger partial charge on any atom is 0.243 e. The Labute approximate surface area is 149 Å². The monoisotopic (exact) mass is 361 g/mol. The maximum absolute atomic E-state index is 13.7. The summed E-state index contributed by atoms with van der Waals surface area (Å²) in [6.07, 6.45) is 0.757. The van der Waals surface area contributed by atoms with Crippen molar-refractivity contribution in [2.24, 2.45) is 0 Å². The molecule has 2 N–H and O–H groups in total. The van der Waals surface area contributed by atoms with Crippen molar-refractivity contribution in [2.75, 3.05) is 28.6 Å². The molecular weight excluding hydrogens is 345 g/mol. The van der Waals surface area contributed by atoms with E-state index in [9.17, 15) is 14.0 Å². The van der Waals surface area contributed by atoms with Crippen LogP contribution in [0.3, 0.4) is 0 Å². The Kier molecular flexibility index (Phi) is 4.90. The van der Waals surface area contributed by atoms with Gasteiger partial charge < -0.3 is 15.5 Å². The average Bonchev–Trinajstić information content (AvgIpc) is 2.97. The molecule has 0 bridgehead atoms. The fourth-order valence-electron chi connectivity index (χ4n) is 2.82. The maximum atomic E-state index is 13.7. The van der Waals surface area contributed by atoms with Crippen LogP contribution < -0.4 is 15.5 Å². The van der Waals surface area contributed by atoms with E-state index in [0.29, 0.717) is 17.3 Å². The van der Waals surface area contributed by atoms with Gasteiger partial charge in [-0.2, -0.15) is 0 Å². The van der Waals surface area contributed by atoms with E-state index in [4.69, 9.17) is 11.6 Å². The standard InChI is InChI=1S/C18H17ClFN3O2/c1-11(24)23-7-6-12-8-14(3-5-17(12)23)22-18(25)10-21-16-4-2-13(19)9-15(16)20/h2-5,8-9,21H,6-7,10H2,1H3,(H,22,25). The van der Waals surface area contributed by atoms with Crippen molar-refractivity contribution >= 4 is 40.5 Å². The first-order chi connectivity index (χ1) is 11.9. The fraction of sp³-hybridized carbons (Fsp3) is 0.222. The highest BCUT2D eigenvalue weighted by Gasteiger charge is 2.22. The predicted octanol–water partition coefficient (Wildman–Crippen LogP) is 3.44. The van der Waals surface area contributed by atoms with Gasteiger partial charge in [0, 0.05) is 29.9 Å². The second kappa shape index (κ2) is 7.11. The van der Waals surface area contributed by atoms with E-state index in [0.717, 1.165) is 17.7 Å². The van der Waals surface area contributed by atoms with E-state index >= 15 is 0 Å². The van der Waals surface area contributed by atoms with Crippen molar-refractivity contribution < 1.29 is 14.0 Å². The van der Waals surface area contributed by atoms with Crippen LogP contribution in [-0.2, 0) is 16.0 Å². The van der Waals surface area contributed by atoms with Crippen LogP contribution in [0.2, 0.25) is 5.02 Å². The lowest BCUT2D eigenvalue weighted by Gasteiger charge is -2.15. The Morgan fingerprint density at radius 2 is 2.04 bits per heavy atom. The van der Waals surface area contributed by atoms with Crippen molar-refractivity contribution in [3.8, 4) is 0 Å². The number of nitrogens with zero attached hydrogens (tertiary/aromatic N) is 1. The second-order valence-electron chi connectivity index (χ2n) is 5.79. The highest BCUT2D eigenvalue weighted by Crippen LogP contribution is 2.30. The summed E-state index contributed by atoms with van der Waals surface area (Å²) in [7, 11) is 0. The lowest BCUT2D eigenvalue weighted by molar-refractivity contribution is -0.116. The smallest absolute Gasteiger partial charge is 0.243 e. The topological polar surface area (TPSA) is 61.4 Å². The largest absolute Gasteiger partial charge is 0.374 e. The molecule has 0 spiro atoms. The van der Waals surface area contributed by atoms with Crippen molar-refractivity contribution in [1.29, 1.82) is 0 Å². The van der Waals surface area contributed by atoms with Gasteiger partial charge in [0.25, 0.3) is 0 Å². The van der Waals surface area contributed by atoms with Crippen LogP contribution in [0.1, 0.15) is 12.5 Å². The molecule has 0 aromatic heterocycles. The van der Waals surface area contributed by atoms with Crippen molar-refractivity contribution in [3.05, 3.63) is 52.8 Å². The van der Waals surface area contributed by atoms with Gasteiger partial charge in [0.1, 0.15) is 5.82 Å². The van der Waals surface area contributed by atoms with E-state index in [2.05, 4.69) is 10.6 Å². The predicted molar refractivity (Wildman–Crippen MR) is 96.7 cm³/mol. The van der Waals surface area contributed by atoms with Gasteiger partial charge in [0.05, 0.1) is 12.2 Å². The summed E-state index contributed by atoms with van der Waals surface area (Å²) in [4.78, 5) is 25.3. The number of nitrogens with one attached hydrogen (secondary N) is 2. The molecule has 7 heteroatoms. The molecule has 1 aliphatic heterocycles. The third kappa shape index (κ3) is 3.91. The molecule has 0 saturated carbocycles. The van der Waals surface area contributed by atoms with E-state index in [1.54, 1.807) is 17.0 Å². The van der Waals surface area contributed by atoms with Crippen LogP contribution in [0, 0.1) is 5.82 Å². The number of anilines is 3. The van der Waals surface area contributed by atoms with Gasteiger partial charge in [-0.3, -0.25) is 9.59 Å².